The minimum atomic E-state index is -0.892. The Balaban J connectivity index is 1.97. The fourth-order valence-corrected chi connectivity index (χ4v) is 3.96. The lowest BCUT2D eigenvalue weighted by Crippen LogP contribution is -2.44. The van der Waals surface area contributed by atoms with Crippen molar-refractivity contribution in [1.82, 2.24) is 5.32 Å². The second kappa shape index (κ2) is 9.54. The molecule has 160 valence electrons. The molecule has 6 nitrogen and oxygen atoms in total. The van der Waals surface area contributed by atoms with Crippen LogP contribution in [0.4, 0.5) is 5.69 Å². The largest absolute Gasteiger partial charge is 0.455 e. The number of carbonyl (C=O) groups excluding carboxylic acids is 3. The van der Waals surface area contributed by atoms with E-state index >= 15 is 0 Å². The van der Waals surface area contributed by atoms with Gasteiger partial charge in [-0.1, -0.05) is 47.6 Å². The highest BCUT2D eigenvalue weighted by molar-refractivity contribution is 6.44. The molecule has 0 aromatic heterocycles. The van der Waals surface area contributed by atoms with Gasteiger partial charge in [-0.15, -0.1) is 0 Å². The number of ether oxygens (including phenoxy) is 1. The molecule has 2 N–H and O–H groups in total. The van der Waals surface area contributed by atoms with E-state index in [-0.39, 0.29) is 38.6 Å². The van der Waals surface area contributed by atoms with Crippen molar-refractivity contribution >= 4 is 58.3 Å². The molecule has 1 aliphatic rings. The fraction of sp³-hybridized carbons (Fsp3) is 0.550. The monoisotopic (exact) mass is 462 g/mol. The summed E-state index contributed by atoms with van der Waals surface area (Å²) in [5.74, 6) is -1.30. The lowest BCUT2D eigenvalue weighted by molar-refractivity contribution is -0.160. The molecule has 0 heterocycles. The number of carbonyl (C=O) groups is 3. The van der Waals surface area contributed by atoms with Crippen molar-refractivity contribution in [2.24, 2.45) is 5.41 Å². The zero-order valence-corrected chi connectivity index (χ0v) is 18.9. The van der Waals surface area contributed by atoms with Crippen molar-refractivity contribution in [3.63, 3.8) is 0 Å². The number of anilines is 1. The van der Waals surface area contributed by atoms with Gasteiger partial charge in [-0.05, 0) is 45.7 Å². The van der Waals surface area contributed by atoms with Crippen LogP contribution in [0.5, 0.6) is 0 Å². The Bertz CT molecular complexity index is 800. The van der Waals surface area contributed by atoms with Crippen molar-refractivity contribution < 1.29 is 19.1 Å². The zero-order valence-electron chi connectivity index (χ0n) is 16.7. The van der Waals surface area contributed by atoms with Crippen LogP contribution in [0.15, 0.2) is 12.1 Å². The maximum atomic E-state index is 12.7. The van der Waals surface area contributed by atoms with Gasteiger partial charge in [0.05, 0.1) is 26.2 Å². The number of rotatable bonds is 6. The lowest BCUT2D eigenvalue weighted by atomic mass is 9.82. The predicted molar refractivity (Wildman–Crippen MR) is 114 cm³/mol. The maximum Gasteiger partial charge on any atom is 0.313 e. The lowest BCUT2D eigenvalue weighted by Gasteiger charge is -2.28. The smallest absolute Gasteiger partial charge is 0.313 e. The van der Waals surface area contributed by atoms with Crippen LogP contribution in [0.3, 0.4) is 0 Å². The number of esters is 1. The van der Waals surface area contributed by atoms with Crippen molar-refractivity contribution in [1.29, 1.82) is 0 Å². The van der Waals surface area contributed by atoms with Crippen LogP contribution in [-0.2, 0) is 19.1 Å². The third-order valence-corrected chi connectivity index (χ3v) is 5.66. The summed E-state index contributed by atoms with van der Waals surface area (Å²) < 4.78 is 5.26. The van der Waals surface area contributed by atoms with Crippen LogP contribution < -0.4 is 10.6 Å². The number of halogens is 3. The van der Waals surface area contributed by atoms with E-state index in [1.54, 1.807) is 0 Å². The van der Waals surface area contributed by atoms with Crippen molar-refractivity contribution in [2.75, 3.05) is 11.9 Å². The summed E-state index contributed by atoms with van der Waals surface area (Å²) in [6.07, 6.45) is 2.84. The van der Waals surface area contributed by atoms with E-state index in [2.05, 4.69) is 10.6 Å². The molecule has 0 bridgehead atoms. The van der Waals surface area contributed by atoms with Gasteiger partial charge in [-0.2, -0.15) is 0 Å². The van der Waals surface area contributed by atoms with Gasteiger partial charge in [0.15, 0.2) is 6.61 Å². The first kappa shape index (κ1) is 23.8. The van der Waals surface area contributed by atoms with E-state index < -0.39 is 23.9 Å². The van der Waals surface area contributed by atoms with Gasteiger partial charge in [-0.25, -0.2) is 0 Å². The van der Waals surface area contributed by atoms with Crippen LogP contribution in [0.25, 0.3) is 0 Å². The van der Waals surface area contributed by atoms with Crippen LogP contribution in [0.1, 0.15) is 52.9 Å². The molecule has 0 saturated heterocycles. The summed E-state index contributed by atoms with van der Waals surface area (Å²) in [7, 11) is 0. The first-order chi connectivity index (χ1) is 13.4. The van der Waals surface area contributed by atoms with Gasteiger partial charge in [0, 0.05) is 12.0 Å². The summed E-state index contributed by atoms with van der Waals surface area (Å²) in [5, 5.41) is 6.12. The summed E-state index contributed by atoms with van der Waals surface area (Å²) >= 11 is 17.8. The van der Waals surface area contributed by atoms with E-state index in [0.29, 0.717) is 12.8 Å². The fourth-order valence-electron chi connectivity index (χ4n) is 3.36. The van der Waals surface area contributed by atoms with Gasteiger partial charge in [-0.3, -0.25) is 14.4 Å². The van der Waals surface area contributed by atoms with Crippen LogP contribution >= 0.6 is 34.8 Å². The average Bonchev–Trinajstić information content (AvgIpc) is 3.05. The Morgan fingerprint density at radius 1 is 1.00 bits per heavy atom. The molecule has 1 aromatic rings. The molecule has 29 heavy (non-hydrogen) atoms. The number of hydrogen-bond acceptors (Lipinski definition) is 4. The first-order valence-corrected chi connectivity index (χ1v) is 10.5. The van der Waals surface area contributed by atoms with E-state index in [0.717, 1.165) is 12.8 Å². The first-order valence-electron chi connectivity index (χ1n) is 9.34. The third kappa shape index (κ3) is 6.76. The van der Waals surface area contributed by atoms with Gasteiger partial charge < -0.3 is 15.4 Å². The summed E-state index contributed by atoms with van der Waals surface area (Å²) in [6, 6.07) is 2.83. The minimum absolute atomic E-state index is 0.0450. The predicted octanol–water partition coefficient (Wildman–Crippen LogP) is 4.99. The molecular formula is C20H25Cl3N2O4. The second-order valence-corrected chi connectivity index (χ2v) is 9.55. The Kier molecular flexibility index (Phi) is 7.82. The third-order valence-electron chi connectivity index (χ3n) is 4.63. The number of benzene rings is 1. The van der Waals surface area contributed by atoms with E-state index in [9.17, 15) is 14.4 Å². The molecule has 0 radical (unpaired) electrons. The van der Waals surface area contributed by atoms with Crippen LogP contribution in [0, 0.1) is 5.41 Å². The standard InChI is InChI=1S/C20H25Cl3N2O4/c1-19(2,3)25-16(26)10-20(6-4-5-7-20)18(28)29-11-17(27)24-15-9-13(22)12(21)8-14(15)23/h8-9H,4-7,10-11H2,1-3H3,(H,24,27)(H,25,26). The number of hydrogen-bond donors (Lipinski definition) is 2. The maximum absolute atomic E-state index is 12.7. The summed E-state index contributed by atoms with van der Waals surface area (Å²) in [5.41, 5.74) is -1.02. The average molecular weight is 464 g/mol. The molecule has 0 aliphatic heterocycles. The normalized spacial score (nSPS) is 15.7. The quantitative estimate of drug-likeness (QED) is 0.459. The molecule has 1 aromatic carbocycles. The van der Waals surface area contributed by atoms with E-state index in [1.807, 2.05) is 20.8 Å². The SMILES string of the molecule is CC(C)(C)NC(=O)CC1(C(=O)OCC(=O)Nc2cc(Cl)c(Cl)cc2Cl)CCCC1. The number of nitrogens with one attached hydrogen (secondary N) is 2. The molecule has 1 aliphatic carbocycles. The highest BCUT2D eigenvalue weighted by Crippen LogP contribution is 2.42. The summed E-state index contributed by atoms with van der Waals surface area (Å²) in [4.78, 5) is 37.3. The molecule has 0 spiro atoms. The molecular weight excluding hydrogens is 439 g/mol. The molecule has 2 rings (SSSR count). The topological polar surface area (TPSA) is 84.5 Å². The Labute approximate surface area is 185 Å². The minimum Gasteiger partial charge on any atom is -0.455 e. The molecule has 0 unspecified atom stereocenters. The second-order valence-electron chi connectivity index (χ2n) is 8.33. The Hall–Kier alpha value is -1.50. The van der Waals surface area contributed by atoms with E-state index in [1.165, 1.54) is 12.1 Å². The van der Waals surface area contributed by atoms with Gasteiger partial charge in [0.2, 0.25) is 5.91 Å². The number of amides is 2. The van der Waals surface area contributed by atoms with Crippen LogP contribution in [-0.4, -0.2) is 29.9 Å². The molecule has 9 heteroatoms. The Morgan fingerprint density at radius 2 is 1.59 bits per heavy atom. The van der Waals surface area contributed by atoms with E-state index in [4.69, 9.17) is 39.5 Å². The molecule has 2 amide bonds. The van der Waals surface area contributed by atoms with Gasteiger partial charge in [0.1, 0.15) is 0 Å². The zero-order chi connectivity index (χ0) is 21.8. The van der Waals surface area contributed by atoms with Crippen molar-refractivity contribution in [3.8, 4) is 0 Å². The molecule has 1 saturated carbocycles. The molecule has 1 fully saturated rings. The highest BCUT2D eigenvalue weighted by Gasteiger charge is 2.44. The van der Waals surface area contributed by atoms with Gasteiger partial charge >= 0.3 is 5.97 Å². The molecule has 0 atom stereocenters. The van der Waals surface area contributed by atoms with Crippen molar-refractivity contribution in [2.45, 2.75) is 58.4 Å². The van der Waals surface area contributed by atoms with Gasteiger partial charge in [0.25, 0.3) is 5.91 Å². The van der Waals surface area contributed by atoms with Crippen molar-refractivity contribution in [3.05, 3.63) is 27.2 Å². The summed E-state index contributed by atoms with van der Waals surface area (Å²) in [6.45, 7) is 5.15. The highest BCUT2D eigenvalue weighted by atomic mass is 35.5. The Morgan fingerprint density at radius 3 is 2.17 bits per heavy atom. The van der Waals surface area contributed by atoms with Crippen LogP contribution in [0.2, 0.25) is 15.1 Å².